The summed E-state index contributed by atoms with van der Waals surface area (Å²) in [6.07, 6.45) is 9.80. The fourth-order valence-corrected chi connectivity index (χ4v) is 4.38. The van der Waals surface area contributed by atoms with E-state index in [0.29, 0.717) is 12.1 Å². The molecule has 0 unspecified atom stereocenters. The molecule has 5 heteroatoms. The highest BCUT2D eigenvalue weighted by atomic mass is 16.4. The molecule has 1 N–H and O–H groups in total. The van der Waals surface area contributed by atoms with Crippen LogP contribution in [0.15, 0.2) is 49.1 Å². The fourth-order valence-electron chi connectivity index (χ4n) is 4.38. The lowest BCUT2D eigenvalue weighted by atomic mass is 9.62. The van der Waals surface area contributed by atoms with Crippen molar-refractivity contribution in [2.75, 3.05) is 0 Å². The predicted octanol–water partition coefficient (Wildman–Crippen LogP) is 5.54. The first-order valence-electron chi connectivity index (χ1n) is 10.7. The van der Waals surface area contributed by atoms with Gasteiger partial charge in [-0.15, -0.1) is 0 Å². The Bertz CT molecular complexity index is 1120. The Labute approximate surface area is 183 Å². The molecule has 0 fully saturated rings. The molecule has 1 aliphatic carbocycles. The molecule has 4 rings (SSSR count). The van der Waals surface area contributed by atoms with E-state index in [0.717, 1.165) is 17.5 Å². The minimum Gasteiger partial charge on any atom is -0.478 e. The van der Waals surface area contributed by atoms with E-state index in [9.17, 15) is 4.79 Å². The van der Waals surface area contributed by atoms with E-state index in [1.54, 1.807) is 24.8 Å². The number of aromatic carboxylic acids is 1. The van der Waals surface area contributed by atoms with Gasteiger partial charge in [-0.25, -0.2) is 14.5 Å². The second-order valence-electron chi connectivity index (χ2n) is 9.72. The van der Waals surface area contributed by atoms with Crippen molar-refractivity contribution in [3.05, 3.63) is 82.4 Å². The van der Waals surface area contributed by atoms with Crippen molar-refractivity contribution in [1.29, 1.82) is 0 Å². The van der Waals surface area contributed by atoms with Gasteiger partial charge in [0.15, 0.2) is 0 Å². The van der Waals surface area contributed by atoms with E-state index in [1.807, 2.05) is 22.9 Å². The maximum absolute atomic E-state index is 11.1. The molecule has 1 aliphatic rings. The molecule has 1 aromatic heterocycles. The number of benzene rings is 2. The Balaban J connectivity index is 1.78. The summed E-state index contributed by atoms with van der Waals surface area (Å²) < 4.78 is 1.85. The zero-order chi connectivity index (χ0) is 22.2. The summed E-state index contributed by atoms with van der Waals surface area (Å²) in [5, 5.41) is 13.4. The number of hydrogen-bond acceptors (Lipinski definition) is 3. The number of carboxylic acid groups (broad SMARTS) is 1. The Morgan fingerprint density at radius 2 is 1.68 bits per heavy atom. The number of rotatable bonds is 5. The standard InChI is InChI=1S/C26H29N3O2/c1-25(2)11-12-26(3,4)23-14-21(15-29-17-27-16-28-29)20(13-22(23)25)10-7-18-5-8-19(9-6-18)24(30)31/h5-10,13-14,16-17H,11-12,15H2,1-4H3,(H,30,31). The van der Waals surface area contributed by atoms with Crippen LogP contribution in [0, 0.1) is 0 Å². The van der Waals surface area contributed by atoms with Gasteiger partial charge in [-0.05, 0) is 63.6 Å². The normalized spacial score (nSPS) is 16.9. The Morgan fingerprint density at radius 3 is 2.26 bits per heavy atom. The SMILES string of the molecule is CC1(C)CCC(C)(C)c2cc(Cn3cncn3)c(C=Cc3ccc(C(=O)O)cc3)cc21. The van der Waals surface area contributed by atoms with Crippen molar-refractivity contribution in [1.82, 2.24) is 14.8 Å². The van der Waals surface area contributed by atoms with Crippen LogP contribution >= 0.6 is 0 Å². The Hall–Kier alpha value is -3.21. The molecule has 0 bridgehead atoms. The lowest BCUT2D eigenvalue weighted by Crippen LogP contribution is -2.34. The smallest absolute Gasteiger partial charge is 0.335 e. The van der Waals surface area contributed by atoms with E-state index >= 15 is 0 Å². The van der Waals surface area contributed by atoms with Crippen LogP contribution in [-0.4, -0.2) is 25.8 Å². The van der Waals surface area contributed by atoms with Gasteiger partial charge in [0, 0.05) is 0 Å². The average Bonchev–Trinajstić information content (AvgIpc) is 3.23. The number of hydrogen-bond donors (Lipinski definition) is 1. The van der Waals surface area contributed by atoms with Crippen molar-refractivity contribution >= 4 is 18.1 Å². The minimum absolute atomic E-state index is 0.127. The largest absolute Gasteiger partial charge is 0.478 e. The second kappa shape index (κ2) is 7.80. The predicted molar refractivity (Wildman–Crippen MR) is 123 cm³/mol. The molecule has 0 saturated carbocycles. The average molecular weight is 416 g/mol. The van der Waals surface area contributed by atoms with E-state index in [4.69, 9.17) is 5.11 Å². The molecule has 0 radical (unpaired) electrons. The van der Waals surface area contributed by atoms with E-state index in [1.165, 1.54) is 23.1 Å². The van der Waals surface area contributed by atoms with Crippen LogP contribution in [0.2, 0.25) is 0 Å². The molecule has 1 heterocycles. The highest BCUT2D eigenvalue weighted by Crippen LogP contribution is 2.46. The van der Waals surface area contributed by atoms with Crippen molar-refractivity contribution < 1.29 is 9.90 Å². The maximum atomic E-state index is 11.1. The molecule has 5 nitrogen and oxygen atoms in total. The summed E-state index contributed by atoms with van der Waals surface area (Å²) in [4.78, 5) is 15.2. The molecule has 0 saturated heterocycles. The topological polar surface area (TPSA) is 68.0 Å². The molecular weight excluding hydrogens is 386 g/mol. The van der Waals surface area contributed by atoms with Crippen LogP contribution in [0.5, 0.6) is 0 Å². The third-order valence-corrected chi connectivity index (χ3v) is 6.52. The van der Waals surface area contributed by atoms with E-state index < -0.39 is 5.97 Å². The molecule has 0 amide bonds. The molecule has 3 aromatic rings. The first-order valence-corrected chi connectivity index (χ1v) is 10.7. The van der Waals surface area contributed by atoms with Gasteiger partial charge in [-0.2, -0.15) is 5.10 Å². The van der Waals surface area contributed by atoms with Gasteiger partial charge in [0.25, 0.3) is 0 Å². The number of carboxylic acids is 1. The van der Waals surface area contributed by atoms with Crippen LogP contribution in [-0.2, 0) is 17.4 Å². The van der Waals surface area contributed by atoms with Crippen molar-refractivity contribution in [3.8, 4) is 0 Å². The zero-order valence-electron chi connectivity index (χ0n) is 18.6. The van der Waals surface area contributed by atoms with Gasteiger partial charge in [0.1, 0.15) is 12.7 Å². The quantitative estimate of drug-likeness (QED) is 0.555. The number of aromatic nitrogens is 3. The van der Waals surface area contributed by atoms with E-state index in [2.05, 4.69) is 56.0 Å². The van der Waals surface area contributed by atoms with Crippen LogP contribution in [0.3, 0.4) is 0 Å². The van der Waals surface area contributed by atoms with Crippen molar-refractivity contribution in [2.45, 2.75) is 57.9 Å². The third-order valence-electron chi connectivity index (χ3n) is 6.52. The van der Waals surface area contributed by atoms with Gasteiger partial charge in [0.05, 0.1) is 12.1 Å². The highest BCUT2D eigenvalue weighted by Gasteiger charge is 2.37. The first kappa shape index (κ1) is 21.0. The number of fused-ring (bicyclic) bond motifs is 1. The van der Waals surface area contributed by atoms with Crippen molar-refractivity contribution in [3.63, 3.8) is 0 Å². The summed E-state index contributed by atoms with van der Waals surface area (Å²) in [6, 6.07) is 11.6. The third kappa shape index (κ3) is 4.31. The molecular formula is C26H29N3O2. The number of carbonyl (C=O) groups is 1. The lowest BCUT2D eigenvalue weighted by Gasteiger charge is -2.42. The summed E-state index contributed by atoms with van der Waals surface area (Å²) in [5.41, 5.74) is 6.71. The van der Waals surface area contributed by atoms with Gasteiger partial charge < -0.3 is 5.11 Å². The van der Waals surface area contributed by atoms with Crippen LogP contribution in [0.25, 0.3) is 12.2 Å². The lowest BCUT2D eigenvalue weighted by molar-refractivity contribution is 0.0697. The monoisotopic (exact) mass is 415 g/mol. The van der Waals surface area contributed by atoms with Crippen LogP contribution in [0.1, 0.15) is 78.7 Å². The summed E-state index contributed by atoms with van der Waals surface area (Å²) >= 11 is 0. The molecule has 0 spiro atoms. The van der Waals surface area contributed by atoms with Crippen molar-refractivity contribution in [2.24, 2.45) is 0 Å². The summed E-state index contributed by atoms with van der Waals surface area (Å²) in [6.45, 7) is 9.98. The van der Waals surface area contributed by atoms with Gasteiger partial charge in [-0.3, -0.25) is 0 Å². The molecule has 2 aromatic carbocycles. The van der Waals surface area contributed by atoms with E-state index in [-0.39, 0.29) is 10.8 Å². The summed E-state index contributed by atoms with van der Waals surface area (Å²) in [7, 11) is 0. The number of nitrogens with zero attached hydrogens (tertiary/aromatic N) is 3. The maximum Gasteiger partial charge on any atom is 0.335 e. The first-order chi connectivity index (χ1) is 14.7. The Kier molecular flexibility index (Phi) is 5.29. The molecule has 0 atom stereocenters. The van der Waals surface area contributed by atoms with Gasteiger partial charge >= 0.3 is 5.97 Å². The van der Waals surface area contributed by atoms with Gasteiger partial charge in [-0.1, -0.05) is 64.1 Å². The highest BCUT2D eigenvalue weighted by molar-refractivity contribution is 5.88. The summed E-state index contributed by atoms with van der Waals surface area (Å²) in [5.74, 6) is -0.912. The second-order valence-corrected chi connectivity index (χ2v) is 9.72. The molecule has 160 valence electrons. The zero-order valence-corrected chi connectivity index (χ0v) is 18.6. The minimum atomic E-state index is -0.912. The molecule has 0 aliphatic heterocycles. The van der Waals surface area contributed by atoms with Crippen LogP contribution in [0.4, 0.5) is 0 Å². The Morgan fingerprint density at radius 1 is 1.03 bits per heavy atom. The molecule has 31 heavy (non-hydrogen) atoms. The fraction of sp³-hybridized carbons (Fsp3) is 0.346. The van der Waals surface area contributed by atoms with Gasteiger partial charge in [0.2, 0.25) is 0 Å². The van der Waals surface area contributed by atoms with Crippen LogP contribution < -0.4 is 0 Å².